The van der Waals surface area contributed by atoms with Crippen LogP contribution in [-0.4, -0.2) is 44.6 Å². The fraction of sp³-hybridized carbons (Fsp3) is 0.316. The number of hydrogen-bond donors (Lipinski definition) is 0. The summed E-state index contributed by atoms with van der Waals surface area (Å²) in [7, 11) is 6.51. The highest BCUT2D eigenvalue weighted by atomic mass is 35.5. The second-order valence-corrected chi connectivity index (χ2v) is 6.44. The minimum Gasteiger partial charge on any atom is -1.00 e. The molecule has 0 aliphatic rings. The SMILES string of the molecule is C[N+](C)(C)CCCOc1ccc(C(=O)c2ccccc2)cc1.[Cl-]. The van der Waals surface area contributed by atoms with Crippen LogP contribution in [0.2, 0.25) is 0 Å². The number of hydrogen-bond acceptors (Lipinski definition) is 2. The molecule has 0 aliphatic heterocycles. The summed E-state index contributed by atoms with van der Waals surface area (Å²) in [6.07, 6.45) is 1.01. The highest BCUT2D eigenvalue weighted by Gasteiger charge is 2.09. The van der Waals surface area contributed by atoms with Gasteiger partial charge in [-0.3, -0.25) is 4.79 Å². The zero-order valence-electron chi connectivity index (χ0n) is 14.0. The quantitative estimate of drug-likeness (QED) is 0.416. The van der Waals surface area contributed by atoms with Crippen molar-refractivity contribution in [1.29, 1.82) is 0 Å². The first-order chi connectivity index (χ1) is 10.5. The molecule has 0 heterocycles. The van der Waals surface area contributed by atoms with Crippen LogP contribution in [0.15, 0.2) is 54.6 Å². The summed E-state index contributed by atoms with van der Waals surface area (Å²) in [5.74, 6) is 0.850. The van der Waals surface area contributed by atoms with Crippen molar-refractivity contribution in [2.45, 2.75) is 6.42 Å². The molecule has 0 N–H and O–H groups in total. The molecule has 0 fully saturated rings. The van der Waals surface area contributed by atoms with E-state index in [0.29, 0.717) is 17.7 Å². The van der Waals surface area contributed by atoms with Gasteiger partial charge in [0.15, 0.2) is 5.78 Å². The molecule has 2 aromatic carbocycles. The van der Waals surface area contributed by atoms with E-state index < -0.39 is 0 Å². The Morgan fingerprint density at radius 1 is 0.913 bits per heavy atom. The zero-order chi connectivity index (χ0) is 16.0. The van der Waals surface area contributed by atoms with Gasteiger partial charge in [0.1, 0.15) is 5.75 Å². The molecule has 0 aromatic heterocycles. The Bertz CT molecular complexity index is 604. The second kappa shape index (κ2) is 8.70. The number of ether oxygens (including phenoxy) is 1. The van der Waals surface area contributed by atoms with Crippen LogP contribution in [-0.2, 0) is 0 Å². The van der Waals surface area contributed by atoms with Gasteiger partial charge in [0.05, 0.1) is 34.3 Å². The lowest BCUT2D eigenvalue weighted by Crippen LogP contribution is -3.00. The molecule has 0 spiro atoms. The fourth-order valence-corrected chi connectivity index (χ4v) is 2.19. The van der Waals surface area contributed by atoms with Crippen LogP contribution in [0, 0.1) is 0 Å². The maximum absolute atomic E-state index is 12.3. The van der Waals surface area contributed by atoms with E-state index in [1.54, 1.807) is 0 Å². The van der Waals surface area contributed by atoms with Gasteiger partial charge in [0, 0.05) is 17.5 Å². The zero-order valence-corrected chi connectivity index (χ0v) is 14.7. The number of quaternary nitrogens is 1. The smallest absolute Gasteiger partial charge is 0.193 e. The maximum Gasteiger partial charge on any atom is 0.193 e. The van der Waals surface area contributed by atoms with Crippen molar-refractivity contribution in [3.63, 3.8) is 0 Å². The van der Waals surface area contributed by atoms with Crippen molar-refractivity contribution >= 4 is 5.78 Å². The molecule has 124 valence electrons. The first-order valence-electron chi connectivity index (χ1n) is 7.59. The van der Waals surface area contributed by atoms with Crippen LogP contribution >= 0.6 is 0 Å². The normalized spacial score (nSPS) is 10.7. The standard InChI is InChI=1S/C19H24NO2.ClH/c1-20(2,3)14-7-15-22-18-12-10-17(11-13-18)19(21)16-8-5-4-6-9-16;/h4-6,8-13H,7,14-15H2,1-3H3;1H/q+1;/p-1. The lowest BCUT2D eigenvalue weighted by Gasteiger charge is -2.23. The number of halogens is 1. The lowest BCUT2D eigenvalue weighted by molar-refractivity contribution is -0.870. The highest BCUT2D eigenvalue weighted by molar-refractivity contribution is 6.08. The van der Waals surface area contributed by atoms with E-state index in [0.717, 1.165) is 23.2 Å². The van der Waals surface area contributed by atoms with E-state index in [-0.39, 0.29) is 18.2 Å². The van der Waals surface area contributed by atoms with Gasteiger partial charge in [0.2, 0.25) is 0 Å². The molecule has 0 saturated carbocycles. The van der Waals surface area contributed by atoms with Gasteiger partial charge in [-0.1, -0.05) is 30.3 Å². The summed E-state index contributed by atoms with van der Waals surface area (Å²) in [4.78, 5) is 12.3. The molecule has 2 aromatic rings. The first-order valence-corrected chi connectivity index (χ1v) is 7.59. The van der Waals surface area contributed by atoms with Crippen molar-refractivity contribution in [1.82, 2.24) is 0 Å². The number of benzene rings is 2. The third kappa shape index (κ3) is 6.43. The van der Waals surface area contributed by atoms with Crippen LogP contribution in [0.5, 0.6) is 5.75 Å². The Labute approximate surface area is 144 Å². The predicted octanol–water partition coefficient (Wildman–Crippen LogP) is 0.397. The van der Waals surface area contributed by atoms with E-state index >= 15 is 0 Å². The average Bonchev–Trinajstić information content (AvgIpc) is 2.51. The van der Waals surface area contributed by atoms with Crippen molar-refractivity contribution in [2.24, 2.45) is 0 Å². The summed E-state index contributed by atoms with van der Waals surface area (Å²) in [6, 6.07) is 16.7. The van der Waals surface area contributed by atoms with Gasteiger partial charge in [-0.15, -0.1) is 0 Å². The molecule has 0 aliphatic carbocycles. The number of nitrogens with zero attached hydrogens (tertiary/aromatic N) is 1. The van der Waals surface area contributed by atoms with Crippen LogP contribution in [0.1, 0.15) is 22.3 Å². The first kappa shape index (κ1) is 19.2. The van der Waals surface area contributed by atoms with Gasteiger partial charge in [0.25, 0.3) is 0 Å². The van der Waals surface area contributed by atoms with Gasteiger partial charge >= 0.3 is 0 Å². The molecular weight excluding hydrogens is 310 g/mol. The molecule has 0 radical (unpaired) electrons. The second-order valence-electron chi connectivity index (χ2n) is 6.44. The number of carbonyl (C=O) groups is 1. The minimum atomic E-state index is 0. The van der Waals surface area contributed by atoms with E-state index in [2.05, 4.69) is 21.1 Å². The number of carbonyl (C=O) groups excluding carboxylic acids is 1. The molecule has 3 nitrogen and oxygen atoms in total. The molecule has 0 unspecified atom stereocenters. The molecule has 0 atom stereocenters. The topological polar surface area (TPSA) is 26.3 Å². The van der Waals surface area contributed by atoms with Gasteiger partial charge < -0.3 is 21.6 Å². The number of ketones is 1. The average molecular weight is 334 g/mol. The van der Waals surface area contributed by atoms with Crippen molar-refractivity contribution in [3.05, 3.63) is 65.7 Å². The fourth-order valence-electron chi connectivity index (χ4n) is 2.19. The van der Waals surface area contributed by atoms with Crippen molar-refractivity contribution < 1.29 is 26.4 Å². The van der Waals surface area contributed by atoms with Crippen molar-refractivity contribution in [2.75, 3.05) is 34.3 Å². The highest BCUT2D eigenvalue weighted by Crippen LogP contribution is 2.15. The van der Waals surface area contributed by atoms with Crippen molar-refractivity contribution in [3.8, 4) is 5.75 Å². The van der Waals surface area contributed by atoms with Gasteiger partial charge in [-0.05, 0) is 24.3 Å². The minimum absolute atomic E-state index is 0. The lowest BCUT2D eigenvalue weighted by atomic mass is 10.0. The van der Waals surface area contributed by atoms with Crippen LogP contribution in [0.4, 0.5) is 0 Å². The van der Waals surface area contributed by atoms with Gasteiger partial charge in [-0.25, -0.2) is 0 Å². The Balaban J connectivity index is 0.00000264. The predicted molar refractivity (Wildman–Crippen MR) is 89.3 cm³/mol. The summed E-state index contributed by atoms with van der Waals surface area (Å²) in [6.45, 7) is 1.77. The summed E-state index contributed by atoms with van der Waals surface area (Å²) in [5, 5.41) is 0. The van der Waals surface area contributed by atoms with Crippen LogP contribution in [0.3, 0.4) is 0 Å². The van der Waals surface area contributed by atoms with E-state index in [4.69, 9.17) is 4.74 Å². The van der Waals surface area contributed by atoms with Crippen LogP contribution in [0.25, 0.3) is 0 Å². The van der Waals surface area contributed by atoms with E-state index in [1.807, 2.05) is 54.6 Å². The number of rotatable bonds is 7. The molecule has 2 rings (SSSR count). The Hall–Kier alpha value is -1.84. The summed E-state index contributed by atoms with van der Waals surface area (Å²) < 4.78 is 6.66. The monoisotopic (exact) mass is 333 g/mol. The molecule has 4 heteroatoms. The molecule has 0 saturated heterocycles. The largest absolute Gasteiger partial charge is 1.00 e. The van der Waals surface area contributed by atoms with E-state index in [1.165, 1.54) is 0 Å². The molecular formula is C19H24ClNO2. The molecule has 0 amide bonds. The molecule has 23 heavy (non-hydrogen) atoms. The van der Waals surface area contributed by atoms with Gasteiger partial charge in [-0.2, -0.15) is 0 Å². The third-order valence-electron chi connectivity index (χ3n) is 3.39. The Kier molecular flexibility index (Phi) is 7.27. The molecule has 0 bridgehead atoms. The Morgan fingerprint density at radius 2 is 1.48 bits per heavy atom. The third-order valence-corrected chi connectivity index (χ3v) is 3.39. The maximum atomic E-state index is 12.3. The Morgan fingerprint density at radius 3 is 2.04 bits per heavy atom. The van der Waals surface area contributed by atoms with Crippen LogP contribution < -0.4 is 17.1 Å². The summed E-state index contributed by atoms with van der Waals surface area (Å²) >= 11 is 0. The van der Waals surface area contributed by atoms with E-state index in [9.17, 15) is 4.79 Å². The summed E-state index contributed by atoms with van der Waals surface area (Å²) in [5.41, 5.74) is 1.39.